The number of aromatic nitrogens is 1. The smallest absolute Gasteiger partial charge is 0.316 e. The Bertz CT molecular complexity index is 905. The Morgan fingerprint density at radius 3 is 2.68 bits per heavy atom. The molecule has 2 aromatic carbocycles. The van der Waals surface area contributed by atoms with E-state index in [1.165, 1.54) is 24.3 Å². The molecule has 3 rings (SSSR count). The van der Waals surface area contributed by atoms with Crippen molar-refractivity contribution in [3.05, 3.63) is 82.8 Å². The number of nitrogens with zero attached hydrogens (tertiary/aromatic N) is 2. The van der Waals surface area contributed by atoms with Gasteiger partial charge in [0.05, 0.1) is 11.9 Å². The van der Waals surface area contributed by atoms with Gasteiger partial charge in [-0.3, -0.25) is 0 Å². The van der Waals surface area contributed by atoms with Crippen LogP contribution in [0.3, 0.4) is 0 Å². The van der Waals surface area contributed by atoms with Crippen LogP contribution < -0.4 is 10.7 Å². The maximum atomic E-state index is 12.8. The molecule has 0 aliphatic carbocycles. The first-order valence-electron chi connectivity index (χ1n) is 7.41. The van der Waals surface area contributed by atoms with Gasteiger partial charge in [-0.05, 0) is 54.6 Å². The second-order valence-electron chi connectivity index (χ2n) is 5.11. The van der Waals surface area contributed by atoms with Crippen molar-refractivity contribution in [1.29, 1.82) is 0 Å². The molecule has 25 heavy (non-hydrogen) atoms. The molecule has 0 aliphatic heterocycles. The zero-order valence-corrected chi connectivity index (χ0v) is 14.6. The Balaban J connectivity index is 1.64. The number of nitrogens with one attached hydrogen (secondary N) is 2. The molecule has 1 heterocycles. The van der Waals surface area contributed by atoms with Crippen molar-refractivity contribution in [3.8, 4) is 5.69 Å². The van der Waals surface area contributed by atoms with Gasteiger partial charge < -0.3 is 9.88 Å². The van der Waals surface area contributed by atoms with Gasteiger partial charge in [-0.1, -0.05) is 22.0 Å². The van der Waals surface area contributed by atoms with Gasteiger partial charge in [0.1, 0.15) is 5.82 Å². The van der Waals surface area contributed by atoms with E-state index in [4.69, 9.17) is 0 Å². The van der Waals surface area contributed by atoms with E-state index in [9.17, 15) is 9.18 Å². The molecule has 0 aliphatic rings. The lowest BCUT2D eigenvalue weighted by atomic mass is 10.3. The molecule has 126 valence electrons. The maximum absolute atomic E-state index is 12.8. The normalized spacial score (nSPS) is 10.8. The van der Waals surface area contributed by atoms with E-state index in [0.717, 1.165) is 15.9 Å². The molecule has 0 radical (unpaired) electrons. The molecule has 0 unspecified atom stereocenters. The van der Waals surface area contributed by atoms with E-state index in [1.54, 1.807) is 6.21 Å². The topological polar surface area (TPSA) is 58.4 Å². The summed E-state index contributed by atoms with van der Waals surface area (Å²) in [4.78, 5) is 11.8. The third-order valence-corrected chi connectivity index (χ3v) is 3.82. The molecule has 0 saturated carbocycles. The molecule has 1 aromatic heterocycles. The predicted molar refractivity (Wildman–Crippen MR) is 99.6 cm³/mol. The molecule has 0 atom stereocenters. The third-order valence-electron chi connectivity index (χ3n) is 3.33. The summed E-state index contributed by atoms with van der Waals surface area (Å²) in [6.07, 6.45) is 3.45. The first kappa shape index (κ1) is 16.9. The van der Waals surface area contributed by atoms with Crippen LogP contribution in [0.5, 0.6) is 0 Å². The Labute approximate surface area is 152 Å². The molecule has 2 amide bonds. The largest absolute Gasteiger partial charge is 0.339 e. The number of carbonyl (C=O) groups excluding carboxylic acids is 1. The fraction of sp³-hybridized carbons (Fsp3) is 0. The van der Waals surface area contributed by atoms with Gasteiger partial charge in [-0.2, -0.15) is 5.10 Å². The van der Waals surface area contributed by atoms with E-state index in [1.807, 2.05) is 47.2 Å². The van der Waals surface area contributed by atoms with E-state index in [0.29, 0.717) is 5.69 Å². The number of hydrogen-bond acceptors (Lipinski definition) is 2. The number of amides is 2. The predicted octanol–water partition coefficient (Wildman–Crippen LogP) is 4.53. The SMILES string of the molecule is O=C(N/N=C/c1cccn1-c1cccc(Br)c1)Nc1ccc(F)cc1. The van der Waals surface area contributed by atoms with Crippen LogP contribution in [-0.4, -0.2) is 16.8 Å². The second kappa shape index (κ2) is 7.76. The summed E-state index contributed by atoms with van der Waals surface area (Å²) in [5.74, 6) is -0.364. The van der Waals surface area contributed by atoms with E-state index in [-0.39, 0.29) is 5.82 Å². The van der Waals surface area contributed by atoms with E-state index >= 15 is 0 Å². The minimum Gasteiger partial charge on any atom is -0.316 e. The van der Waals surface area contributed by atoms with Crippen LogP contribution >= 0.6 is 15.9 Å². The van der Waals surface area contributed by atoms with Gasteiger partial charge in [-0.15, -0.1) is 0 Å². The second-order valence-corrected chi connectivity index (χ2v) is 6.03. The number of anilines is 1. The van der Waals surface area contributed by atoms with Gasteiger partial charge in [0.25, 0.3) is 0 Å². The van der Waals surface area contributed by atoms with Gasteiger partial charge >= 0.3 is 6.03 Å². The highest BCUT2D eigenvalue weighted by Crippen LogP contribution is 2.17. The summed E-state index contributed by atoms with van der Waals surface area (Å²) in [6.45, 7) is 0. The molecule has 7 heteroatoms. The van der Waals surface area contributed by atoms with Crippen molar-refractivity contribution in [2.45, 2.75) is 0 Å². The summed E-state index contributed by atoms with van der Waals surface area (Å²) in [6, 6.07) is 16.6. The number of urea groups is 1. The Kier molecular flexibility index (Phi) is 5.25. The van der Waals surface area contributed by atoms with Crippen LogP contribution in [0.1, 0.15) is 5.69 Å². The van der Waals surface area contributed by atoms with Crippen molar-refractivity contribution in [2.75, 3.05) is 5.32 Å². The van der Waals surface area contributed by atoms with Crippen LogP contribution in [-0.2, 0) is 0 Å². The van der Waals surface area contributed by atoms with E-state index < -0.39 is 6.03 Å². The lowest BCUT2D eigenvalue weighted by molar-refractivity contribution is 0.252. The zero-order valence-electron chi connectivity index (χ0n) is 13.0. The summed E-state index contributed by atoms with van der Waals surface area (Å²) in [5, 5.41) is 6.50. The summed E-state index contributed by atoms with van der Waals surface area (Å²) in [7, 11) is 0. The standard InChI is InChI=1S/C18H14BrFN4O/c19-13-3-1-4-16(11-13)24-10-2-5-17(24)12-21-23-18(25)22-15-8-6-14(20)7-9-15/h1-12H,(H2,22,23,25)/b21-12+. The van der Waals surface area contributed by atoms with Crippen LogP contribution in [0.15, 0.2) is 76.4 Å². The lowest BCUT2D eigenvalue weighted by Crippen LogP contribution is -2.24. The number of halogens is 2. The number of hydrazone groups is 1. The highest BCUT2D eigenvalue weighted by Gasteiger charge is 2.03. The monoisotopic (exact) mass is 400 g/mol. The van der Waals surface area contributed by atoms with Crippen molar-refractivity contribution < 1.29 is 9.18 Å². The minimum absolute atomic E-state index is 0.364. The van der Waals surface area contributed by atoms with Crippen LogP contribution in [0.4, 0.5) is 14.9 Å². The lowest BCUT2D eigenvalue weighted by Gasteiger charge is -2.07. The van der Waals surface area contributed by atoms with Crippen molar-refractivity contribution in [2.24, 2.45) is 5.10 Å². The fourth-order valence-corrected chi connectivity index (χ4v) is 2.60. The van der Waals surface area contributed by atoms with Crippen molar-refractivity contribution in [3.63, 3.8) is 0 Å². The molecule has 2 N–H and O–H groups in total. The fourth-order valence-electron chi connectivity index (χ4n) is 2.21. The zero-order chi connectivity index (χ0) is 17.6. The minimum atomic E-state index is -0.511. The number of rotatable bonds is 4. The van der Waals surface area contributed by atoms with Gasteiger partial charge in [-0.25, -0.2) is 14.6 Å². The van der Waals surface area contributed by atoms with Gasteiger partial charge in [0.15, 0.2) is 0 Å². The summed E-state index contributed by atoms with van der Waals surface area (Å²) in [5.41, 5.74) is 4.63. The Morgan fingerprint density at radius 1 is 1.12 bits per heavy atom. The molecule has 5 nitrogen and oxygen atoms in total. The van der Waals surface area contributed by atoms with Crippen LogP contribution in [0.2, 0.25) is 0 Å². The Morgan fingerprint density at radius 2 is 1.92 bits per heavy atom. The van der Waals surface area contributed by atoms with Crippen molar-refractivity contribution in [1.82, 2.24) is 9.99 Å². The maximum Gasteiger partial charge on any atom is 0.339 e. The first-order valence-corrected chi connectivity index (χ1v) is 8.20. The van der Waals surface area contributed by atoms with Crippen LogP contribution in [0, 0.1) is 5.82 Å². The molecule has 0 fully saturated rings. The molecule has 0 spiro atoms. The summed E-state index contributed by atoms with van der Waals surface area (Å²) < 4.78 is 15.7. The van der Waals surface area contributed by atoms with E-state index in [2.05, 4.69) is 31.8 Å². The van der Waals surface area contributed by atoms with Crippen molar-refractivity contribution >= 4 is 33.9 Å². The third kappa shape index (κ3) is 4.54. The molecule has 0 bridgehead atoms. The highest BCUT2D eigenvalue weighted by atomic mass is 79.9. The molecular weight excluding hydrogens is 387 g/mol. The number of carbonyl (C=O) groups is 1. The first-order chi connectivity index (χ1) is 12.1. The average molecular weight is 401 g/mol. The Hall–Kier alpha value is -2.93. The van der Waals surface area contributed by atoms with Gasteiger partial charge in [0.2, 0.25) is 0 Å². The average Bonchev–Trinajstić information content (AvgIpc) is 3.05. The number of hydrogen-bond donors (Lipinski definition) is 2. The summed E-state index contributed by atoms with van der Waals surface area (Å²) >= 11 is 3.44. The molecule has 0 saturated heterocycles. The highest BCUT2D eigenvalue weighted by molar-refractivity contribution is 9.10. The molecule has 3 aromatic rings. The quantitative estimate of drug-likeness (QED) is 0.490. The molecular formula is C18H14BrFN4O. The van der Waals surface area contributed by atoms with Crippen LogP contribution in [0.25, 0.3) is 5.69 Å². The van der Waals surface area contributed by atoms with Gasteiger partial charge in [0, 0.05) is 22.0 Å². The number of benzene rings is 2.